The van der Waals surface area contributed by atoms with Gasteiger partial charge in [0.25, 0.3) is 0 Å². The van der Waals surface area contributed by atoms with Crippen LogP contribution in [0.1, 0.15) is 105 Å². The third-order valence-corrected chi connectivity index (χ3v) is 4.89. The first kappa shape index (κ1) is 25.6. The van der Waals surface area contributed by atoms with Gasteiger partial charge in [-0.05, 0) is 52.4 Å². The van der Waals surface area contributed by atoms with Crippen LogP contribution in [0.5, 0.6) is 0 Å². The maximum atomic E-state index is 11.9. The maximum Gasteiger partial charge on any atom is 0.509 e. The molecular weight excluding hydrogens is 372 g/mol. The van der Waals surface area contributed by atoms with E-state index in [0.717, 1.165) is 38.0 Å². The van der Waals surface area contributed by atoms with E-state index in [0.29, 0.717) is 13.0 Å². The second kappa shape index (κ2) is 13.7. The Bertz CT molecular complexity index is 468. The molecule has 29 heavy (non-hydrogen) atoms. The molecule has 0 aromatic carbocycles. The summed E-state index contributed by atoms with van der Waals surface area (Å²) in [5.74, 6) is 0.790. The smallest absolute Gasteiger partial charge is 0.434 e. The molecule has 0 amide bonds. The van der Waals surface area contributed by atoms with E-state index in [-0.39, 0.29) is 12.2 Å². The summed E-state index contributed by atoms with van der Waals surface area (Å²) in [5, 5.41) is 0. The van der Waals surface area contributed by atoms with Gasteiger partial charge in [0.2, 0.25) is 0 Å². The minimum absolute atomic E-state index is 0.273. The standard InChI is InChI=1S/C23H42O6/c1-18(2)13-10-8-6-7-9-11-16-26-21(24)27-19-14-12-15-20(17-19)28-22(25)29-23(3,4)5/h18-20H,6-17H2,1-5H3. The summed E-state index contributed by atoms with van der Waals surface area (Å²) in [6, 6.07) is 0. The van der Waals surface area contributed by atoms with Gasteiger partial charge in [-0.2, -0.15) is 0 Å². The highest BCUT2D eigenvalue weighted by Crippen LogP contribution is 2.25. The summed E-state index contributed by atoms with van der Waals surface area (Å²) in [6.45, 7) is 10.3. The van der Waals surface area contributed by atoms with Crippen LogP contribution >= 0.6 is 0 Å². The number of rotatable bonds is 11. The van der Waals surface area contributed by atoms with Crippen LogP contribution in [0.15, 0.2) is 0 Å². The third kappa shape index (κ3) is 14.2. The van der Waals surface area contributed by atoms with E-state index in [2.05, 4.69) is 13.8 Å². The van der Waals surface area contributed by atoms with E-state index in [1.54, 1.807) is 20.8 Å². The van der Waals surface area contributed by atoms with E-state index in [1.165, 1.54) is 32.1 Å². The van der Waals surface area contributed by atoms with Gasteiger partial charge in [-0.15, -0.1) is 0 Å². The van der Waals surface area contributed by atoms with E-state index in [4.69, 9.17) is 18.9 Å². The molecule has 0 aromatic rings. The number of ether oxygens (including phenoxy) is 4. The van der Waals surface area contributed by atoms with Gasteiger partial charge in [-0.3, -0.25) is 0 Å². The quantitative estimate of drug-likeness (QED) is 0.274. The molecule has 1 rings (SSSR count). The summed E-state index contributed by atoms with van der Waals surface area (Å²) in [7, 11) is 0. The van der Waals surface area contributed by atoms with Gasteiger partial charge in [0.05, 0.1) is 6.61 Å². The molecule has 6 heteroatoms. The summed E-state index contributed by atoms with van der Waals surface area (Å²) in [4.78, 5) is 23.7. The molecule has 1 fully saturated rings. The van der Waals surface area contributed by atoms with Crippen molar-refractivity contribution in [2.75, 3.05) is 6.61 Å². The molecular formula is C23H42O6. The number of carbonyl (C=O) groups is 2. The van der Waals surface area contributed by atoms with Gasteiger partial charge in [0.1, 0.15) is 17.8 Å². The summed E-state index contributed by atoms with van der Waals surface area (Å²) < 4.78 is 21.1. The molecule has 1 aliphatic rings. The highest BCUT2D eigenvalue weighted by atomic mass is 16.7. The predicted octanol–water partition coefficient (Wildman–Crippen LogP) is 6.79. The molecule has 0 radical (unpaired) electrons. The van der Waals surface area contributed by atoms with Gasteiger partial charge < -0.3 is 18.9 Å². The molecule has 1 saturated carbocycles. The molecule has 0 N–H and O–H groups in total. The van der Waals surface area contributed by atoms with Gasteiger partial charge >= 0.3 is 12.3 Å². The average Bonchev–Trinajstić information content (AvgIpc) is 2.58. The highest BCUT2D eigenvalue weighted by Gasteiger charge is 2.29. The largest absolute Gasteiger partial charge is 0.509 e. The number of hydrogen-bond donors (Lipinski definition) is 0. The topological polar surface area (TPSA) is 71.1 Å². The van der Waals surface area contributed by atoms with Crippen molar-refractivity contribution in [3.8, 4) is 0 Å². The highest BCUT2D eigenvalue weighted by molar-refractivity contribution is 5.61. The van der Waals surface area contributed by atoms with Crippen molar-refractivity contribution < 1.29 is 28.5 Å². The Labute approximate surface area is 177 Å². The number of hydrogen-bond acceptors (Lipinski definition) is 6. The van der Waals surface area contributed by atoms with E-state index in [1.807, 2.05) is 0 Å². The van der Waals surface area contributed by atoms with Crippen molar-refractivity contribution >= 4 is 12.3 Å². The fourth-order valence-corrected chi connectivity index (χ4v) is 3.41. The zero-order valence-corrected chi connectivity index (χ0v) is 19.2. The molecule has 0 spiro atoms. The maximum absolute atomic E-state index is 11.9. The van der Waals surface area contributed by atoms with Crippen LogP contribution < -0.4 is 0 Å². The lowest BCUT2D eigenvalue weighted by atomic mass is 9.95. The van der Waals surface area contributed by atoms with Gasteiger partial charge in [0, 0.05) is 6.42 Å². The molecule has 170 valence electrons. The summed E-state index contributed by atoms with van der Waals surface area (Å²) >= 11 is 0. The Hall–Kier alpha value is -1.46. The Kier molecular flexibility index (Phi) is 12.1. The van der Waals surface area contributed by atoms with Gasteiger partial charge in [0.15, 0.2) is 0 Å². The Morgan fingerprint density at radius 1 is 0.862 bits per heavy atom. The molecule has 2 atom stereocenters. The molecule has 2 unspecified atom stereocenters. The lowest BCUT2D eigenvalue weighted by molar-refractivity contribution is -0.0548. The molecule has 0 aliphatic heterocycles. The second-order valence-corrected chi connectivity index (χ2v) is 9.51. The molecule has 0 aromatic heterocycles. The lowest BCUT2D eigenvalue weighted by Gasteiger charge is -2.29. The average molecular weight is 415 g/mol. The van der Waals surface area contributed by atoms with E-state index in [9.17, 15) is 9.59 Å². The van der Waals surface area contributed by atoms with Crippen LogP contribution in [0, 0.1) is 5.92 Å². The minimum Gasteiger partial charge on any atom is -0.434 e. The monoisotopic (exact) mass is 414 g/mol. The Morgan fingerprint density at radius 2 is 1.41 bits per heavy atom. The van der Waals surface area contributed by atoms with Crippen LogP contribution in [0.2, 0.25) is 0 Å². The first-order valence-electron chi connectivity index (χ1n) is 11.4. The van der Waals surface area contributed by atoms with Crippen molar-refractivity contribution in [3.63, 3.8) is 0 Å². The van der Waals surface area contributed by atoms with Crippen molar-refractivity contribution in [2.45, 2.75) is 123 Å². The molecule has 0 saturated heterocycles. The Morgan fingerprint density at radius 3 is 2.00 bits per heavy atom. The molecule has 0 heterocycles. The van der Waals surface area contributed by atoms with Crippen LogP contribution in [0.25, 0.3) is 0 Å². The third-order valence-electron chi connectivity index (χ3n) is 4.89. The van der Waals surface area contributed by atoms with Crippen LogP contribution in [-0.2, 0) is 18.9 Å². The predicted molar refractivity (Wildman–Crippen MR) is 113 cm³/mol. The van der Waals surface area contributed by atoms with Crippen LogP contribution in [0.4, 0.5) is 9.59 Å². The second-order valence-electron chi connectivity index (χ2n) is 9.51. The first-order chi connectivity index (χ1) is 13.7. The summed E-state index contributed by atoms with van der Waals surface area (Å²) in [6.07, 6.45) is 9.27. The van der Waals surface area contributed by atoms with Crippen LogP contribution in [-0.4, -0.2) is 36.7 Å². The molecule has 0 bridgehead atoms. The molecule has 1 aliphatic carbocycles. The van der Waals surface area contributed by atoms with Crippen molar-refractivity contribution in [1.82, 2.24) is 0 Å². The van der Waals surface area contributed by atoms with E-state index >= 15 is 0 Å². The normalized spacial score (nSPS) is 19.7. The number of carbonyl (C=O) groups excluding carboxylic acids is 2. The SMILES string of the molecule is CC(C)CCCCCCCCOC(=O)OC1CCCC(OC(=O)OC(C)(C)C)C1. The van der Waals surface area contributed by atoms with Gasteiger partial charge in [-0.25, -0.2) is 9.59 Å². The lowest BCUT2D eigenvalue weighted by Crippen LogP contribution is -2.33. The molecule has 6 nitrogen and oxygen atoms in total. The van der Waals surface area contributed by atoms with Crippen molar-refractivity contribution in [1.29, 1.82) is 0 Å². The fourth-order valence-electron chi connectivity index (χ4n) is 3.41. The zero-order valence-electron chi connectivity index (χ0n) is 19.2. The van der Waals surface area contributed by atoms with Crippen LogP contribution in [0.3, 0.4) is 0 Å². The minimum atomic E-state index is -0.671. The number of unbranched alkanes of at least 4 members (excludes halogenated alkanes) is 5. The van der Waals surface area contributed by atoms with E-state index < -0.39 is 17.9 Å². The first-order valence-corrected chi connectivity index (χ1v) is 11.4. The van der Waals surface area contributed by atoms with Gasteiger partial charge in [-0.1, -0.05) is 52.4 Å². The summed E-state index contributed by atoms with van der Waals surface area (Å²) in [5.41, 5.74) is -0.584. The fraction of sp³-hybridized carbons (Fsp3) is 0.913. The van der Waals surface area contributed by atoms with Crippen molar-refractivity contribution in [3.05, 3.63) is 0 Å². The zero-order chi connectivity index (χ0) is 21.7. The van der Waals surface area contributed by atoms with Crippen molar-refractivity contribution in [2.24, 2.45) is 5.92 Å². The Balaban J connectivity index is 2.09.